The first-order valence-electron chi connectivity index (χ1n) is 12.6. The van der Waals surface area contributed by atoms with E-state index in [4.69, 9.17) is 14.2 Å². The number of halogens is 3. The molecule has 1 fully saturated rings. The number of carbonyl (C=O) groups is 1. The van der Waals surface area contributed by atoms with Gasteiger partial charge in [-0.15, -0.1) is 0 Å². The number of benzene rings is 4. The minimum atomic E-state index is -0.970. The van der Waals surface area contributed by atoms with Gasteiger partial charge in [0.05, 0.1) is 17.9 Å². The average Bonchev–Trinajstić information content (AvgIpc) is 3.78. The van der Waals surface area contributed by atoms with Crippen LogP contribution < -0.4 is 19.5 Å². The summed E-state index contributed by atoms with van der Waals surface area (Å²) in [5, 5.41) is 2.45. The highest BCUT2D eigenvalue weighted by Crippen LogP contribution is 2.36. The van der Waals surface area contributed by atoms with Gasteiger partial charge < -0.3 is 19.5 Å². The summed E-state index contributed by atoms with van der Waals surface area (Å²) in [6.07, 6.45) is 1.98. The van der Waals surface area contributed by atoms with Crippen LogP contribution in [0.3, 0.4) is 0 Å². The molecule has 5 nitrogen and oxygen atoms in total. The van der Waals surface area contributed by atoms with Crippen LogP contribution >= 0.6 is 0 Å². The molecule has 1 aliphatic carbocycles. The average molecular weight is 534 g/mol. The van der Waals surface area contributed by atoms with E-state index in [0.29, 0.717) is 12.5 Å². The smallest absolute Gasteiger partial charge is 0.258 e. The quantitative estimate of drug-likeness (QED) is 0.220. The minimum absolute atomic E-state index is 0.00120. The second kappa shape index (κ2) is 11.9. The number of ether oxygens (including phenoxy) is 3. The molecule has 4 aromatic carbocycles. The van der Waals surface area contributed by atoms with Crippen molar-refractivity contribution in [1.82, 2.24) is 0 Å². The summed E-state index contributed by atoms with van der Waals surface area (Å²) in [6, 6.07) is 22.6. The summed E-state index contributed by atoms with van der Waals surface area (Å²) in [7, 11) is 0. The van der Waals surface area contributed by atoms with Gasteiger partial charge in [0.1, 0.15) is 19.0 Å². The summed E-state index contributed by atoms with van der Waals surface area (Å²) in [5.74, 6) is -3.92. The number of anilines is 1. The monoisotopic (exact) mass is 533 g/mol. The first-order chi connectivity index (χ1) is 19.0. The lowest BCUT2D eigenvalue weighted by Crippen LogP contribution is -2.16. The molecule has 4 aromatic rings. The van der Waals surface area contributed by atoms with Gasteiger partial charge >= 0.3 is 0 Å². The fourth-order valence-corrected chi connectivity index (χ4v) is 3.85. The molecule has 0 bridgehead atoms. The molecule has 1 N–H and O–H groups in total. The van der Waals surface area contributed by atoms with Crippen molar-refractivity contribution in [2.45, 2.75) is 26.1 Å². The van der Waals surface area contributed by atoms with Crippen LogP contribution in [0.15, 0.2) is 84.9 Å². The van der Waals surface area contributed by atoms with Crippen molar-refractivity contribution < 1.29 is 32.2 Å². The van der Waals surface area contributed by atoms with Crippen LogP contribution in [0, 0.1) is 23.4 Å². The molecule has 0 unspecified atom stereocenters. The third-order valence-corrected chi connectivity index (χ3v) is 6.21. The van der Waals surface area contributed by atoms with E-state index in [1.165, 1.54) is 12.1 Å². The first kappa shape index (κ1) is 26.2. The maximum absolute atomic E-state index is 15.6. The van der Waals surface area contributed by atoms with E-state index in [-0.39, 0.29) is 36.1 Å². The van der Waals surface area contributed by atoms with Gasteiger partial charge in [0, 0.05) is 6.07 Å². The third-order valence-electron chi connectivity index (χ3n) is 6.21. The summed E-state index contributed by atoms with van der Waals surface area (Å²) in [6.45, 7) is 0.405. The van der Waals surface area contributed by atoms with Crippen LogP contribution in [0.1, 0.15) is 34.3 Å². The summed E-state index contributed by atoms with van der Waals surface area (Å²) >= 11 is 0. The predicted octanol–water partition coefficient (Wildman–Crippen LogP) is 7.30. The number of hydrogen-bond acceptors (Lipinski definition) is 4. The molecule has 0 atom stereocenters. The molecule has 39 heavy (non-hydrogen) atoms. The van der Waals surface area contributed by atoms with Gasteiger partial charge in [0.2, 0.25) is 5.82 Å². The van der Waals surface area contributed by atoms with E-state index in [1.807, 2.05) is 48.5 Å². The van der Waals surface area contributed by atoms with Crippen molar-refractivity contribution in [2.75, 3.05) is 11.9 Å². The minimum Gasteiger partial charge on any atom is -0.490 e. The zero-order chi connectivity index (χ0) is 27.2. The van der Waals surface area contributed by atoms with Gasteiger partial charge in [-0.3, -0.25) is 4.79 Å². The molecule has 1 saturated carbocycles. The molecular formula is C31H26F3NO4. The van der Waals surface area contributed by atoms with Crippen LogP contribution in [-0.4, -0.2) is 12.5 Å². The number of hydrogen-bond donors (Lipinski definition) is 1. The standard InChI is InChI=1S/C31H26F3NO4/c32-24-16-28(38-18-22-11-12-22)25(33)15-23(24)31(36)35-26-13-14-27(37-17-20-7-3-1-4-8-20)29(34)30(26)39-19-21-9-5-2-6-10-21/h1-10,13-16,22H,11-12,17-19H2,(H,35,36). The van der Waals surface area contributed by atoms with Gasteiger partial charge in [-0.1, -0.05) is 60.7 Å². The Morgan fingerprint density at radius 3 is 2.03 bits per heavy atom. The molecule has 0 spiro atoms. The Labute approximate surface area is 224 Å². The number of nitrogens with one attached hydrogen (secondary N) is 1. The van der Waals surface area contributed by atoms with Crippen LogP contribution in [-0.2, 0) is 13.2 Å². The molecule has 8 heteroatoms. The molecule has 200 valence electrons. The van der Waals surface area contributed by atoms with Gasteiger partial charge in [-0.2, -0.15) is 4.39 Å². The molecule has 1 aliphatic rings. The highest BCUT2D eigenvalue weighted by Gasteiger charge is 2.25. The molecule has 0 heterocycles. The lowest BCUT2D eigenvalue weighted by atomic mass is 10.1. The van der Waals surface area contributed by atoms with Crippen molar-refractivity contribution in [1.29, 1.82) is 0 Å². The van der Waals surface area contributed by atoms with Crippen molar-refractivity contribution in [3.05, 3.63) is 119 Å². The van der Waals surface area contributed by atoms with Crippen molar-refractivity contribution in [3.63, 3.8) is 0 Å². The maximum atomic E-state index is 15.6. The zero-order valence-corrected chi connectivity index (χ0v) is 21.0. The number of rotatable bonds is 11. The van der Waals surface area contributed by atoms with Crippen LogP contribution in [0.25, 0.3) is 0 Å². The van der Waals surface area contributed by atoms with Crippen LogP contribution in [0.5, 0.6) is 17.2 Å². The number of amides is 1. The van der Waals surface area contributed by atoms with E-state index < -0.39 is 28.9 Å². The molecule has 1 amide bonds. The van der Waals surface area contributed by atoms with Crippen molar-refractivity contribution in [3.8, 4) is 17.2 Å². The maximum Gasteiger partial charge on any atom is 0.258 e. The third kappa shape index (κ3) is 6.71. The molecule has 0 radical (unpaired) electrons. The topological polar surface area (TPSA) is 56.8 Å². The van der Waals surface area contributed by atoms with Gasteiger partial charge in [-0.25, -0.2) is 8.78 Å². The fourth-order valence-electron chi connectivity index (χ4n) is 3.85. The summed E-state index contributed by atoms with van der Waals surface area (Å²) in [4.78, 5) is 12.9. The number of carbonyl (C=O) groups excluding carboxylic acids is 1. The highest BCUT2D eigenvalue weighted by molar-refractivity contribution is 6.05. The summed E-state index contributed by atoms with van der Waals surface area (Å²) in [5.41, 5.74) is 0.988. The Bertz CT molecular complexity index is 1440. The van der Waals surface area contributed by atoms with Crippen molar-refractivity contribution >= 4 is 11.6 Å². The van der Waals surface area contributed by atoms with Gasteiger partial charge in [-0.05, 0) is 48.1 Å². The van der Waals surface area contributed by atoms with E-state index in [0.717, 1.165) is 36.1 Å². The molecule has 5 rings (SSSR count). The highest BCUT2D eigenvalue weighted by atomic mass is 19.1. The van der Waals surface area contributed by atoms with E-state index in [1.54, 1.807) is 12.1 Å². The molecular weight excluding hydrogens is 507 g/mol. The zero-order valence-electron chi connectivity index (χ0n) is 21.0. The Morgan fingerprint density at radius 1 is 0.744 bits per heavy atom. The first-order valence-corrected chi connectivity index (χ1v) is 12.6. The second-order valence-electron chi connectivity index (χ2n) is 9.27. The Morgan fingerprint density at radius 2 is 1.38 bits per heavy atom. The van der Waals surface area contributed by atoms with E-state index >= 15 is 4.39 Å². The predicted molar refractivity (Wildman–Crippen MR) is 140 cm³/mol. The van der Waals surface area contributed by atoms with E-state index in [2.05, 4.69) is 5.32 Å². The Kier molecular flexibility index (Phi) is 8.01. The molecule has 0 aliphatic heterocycles. The fraction of sp³-hybridized carbons (Fsp3) is 0.194. The lowest BCUT2D eigenvalue weighted by molar-refractivity contribution is 0.102. The van der Waals surface area contributed by atoms with Crippen LogP contribution in [0.2, 0.25) is 0 Å². The van der Waals surface area contributed by atoms with Crippen LogP contribution in [0.4, 0.5) is 18.9 Å². The lowest BCUT2D eigenvalue weighted by Gasteiger charge is -2.17. The summed E-state index contributed by atoms with van der Waals surface area (Å²) < 4.78 is 61.7. The molecule has 0 saturated heterocycles. The van der Waals surface area contributed by atoms with Gasteiger partial charge in [0.25, 0.3) is 5.91 Å². The Hall–Kier alpha value is -4.46. The van der Waals surface area contributed by atoms with Crippen molar-refractivity contribution in [2.24, 2.45) is 5.92 Å². The Balaban J connectivity index is 1.37. The normalized spacial score (nSPS) is 12.6. The SMILES string of the molecule is O=C(Nc1ccc(OCc2ccccc2)c(F)c1OCc1ccccc1)c1cc(F)c(OCC2CC2)cc1F. The van der Waals surface area contributed by atoms with Gasteiger partial charge in [0.15, 0.2) is 23.1 Å². The largest absolute Gasteiger partial charge is 0.490 e. The van der Waals surface area contributed by atoms with E-state index in [9.17, 15) is 13.6 Å². The second-order valence-corrected chi connectivity index (χ2v) is 9.27. The molecule has 0 aromatic heterocycles.